The zero-order valence-corrected chi connectivity index (χ0v) is 17.9. The van der Waals surface area contributed by atoms with Crippen molar-refractivity contribution in [2.45, 2.75) is 64.0 Å². The van der Waals surface area contributed by atoms with E-state index in [1.54, 1.807) is 0 Å². The molecule has 0 aromatic carbocycles. The van der Waals surface area contributed by atoms with E-state index < -0.39 is 17.7 Å². The third-order valence-electron chi connectivity index (χ3n) is 5.87. The predicted octanol–water partition coefficient (Wildman–Crippen LogP) is 4.92. The Labute approximate surface area is 183 Å². The largest absolute Gasteiger partial charge is 0.367 e. The highest BCUT2D eigenvalue weighted by atomic mass is 19.3. The monoisotopic (exact) mass is 446 g/mol. The van der Waals surface area contributed by atoms with Crippen LogP contribution in [0.25, 0.3) is 11.0 Å². The summed E-state index contributed by atoms with van der Waals surface area (Å²) in [6, 6.07) is 2.76. The number of ketones is 1. The number of rotatable bonds is 7. The molecule has 3 aromatic rings. The molecule has 1 aliphatic carbocycles. The average Bonchev–Trinajstić information content (AvgIpc) is 3.20. The lowest BCUT2D eigenvalue weighted by atomic mass is 9.92. The Morgan fingerprint density at radius 3 is 2.69 bits per heavy atom. The number of anilines is 2. The van der Waals surface area contributed by atoms with Gasteiger partial charge in [0.15, 0.2) is 5.78 Å². The van der Waals surface area contributed by atoms with Crippen LogP contribution < -0.4 is 10.6 Å². The zero-order valence-electron chi connectivity index (χ0n) is 17.9. The first-order valence-electron chi connectivity index (χ1n) is 10.7. The fourth-order valence-corrected chi connectivity index (χ4v) is 3.81. The Kier molecular flexibility index (Phi) is 6.03. The lowest BCUT2D eigenvalue weighted by molar-refractivity contribution is -0.0361. The van der Waals surface area contributed by atoms with Gasteiger partial charge in [-0.15, -0.1) is 0 Å². The highest BCUT2D eigenvalue weighted by Crippen LogP contribution is 2.34. The molecule has 0 amide bonds. The molecule has 1 saturated carbocycles. The molecule has 3 heterocycles. The van der Waals surface area contributed by atoms with Crippen molar-refractivity contribution in [1.29, 1.82) is 0 Å². The SMILES string of the molecule is CCC(C)Nc1ncnc2[nH]cc(C(=O)c3ccc(NC4CCC(F)(F)CC4)nc3F)c12. The summed E-state index contributed by atoms with van der Waals surface area (Å²) in [5.74, 6) is -3.40. The van der Waals surface area contributed by atoms with Gasteiger partial charge in [0, 0.05) is 31.1 Å². The van der Waals surface area contributed by atoms with E-state index in [0.29, 0.717) is 16.9 Å². The summed E-state index contributed by atoms with van der Waals surface area (Å²) in [6.45, 7) is 4.01. The average molecular weight is 446 g/mol. The number of aromatic amines is 1. The van der Waals surface area contributed by atoms with E-state index in [0.717, 1.165) is 6.42 Å². The Balaban J connectivity index is 1.57. The van der Waals surface area contributed by atoms with Crippen molar-refractivity contribution < 1.29 is 18.0 Å². The number of carbonyl (C=O) groups is 1. The minimum absolute atomic E-state index is 0.120. The lowest BCUT2D eigenvalue weighted by Gasteiger charge is -2.29. The van der Waals surface area contributed by atoms with Crippen molar-refractivity contribution in [3.8, 4) is 0 Å². The van der Waals surface area contributed by atoms with Crippen LogP contribution in [0.5, 0.6) is 0 Å². The van der Waals surface area contributed by atoms with Gasteiger partial charge in [0.25, 0.3) is 0 Å². The van der Waals surface area contributed by atoms with Crippen LogP contribution in [0.1, 0.15) is 61.9 Å². The molecular weight excluding hydrogens is 421 g/mol. The van der Waals surface area contributed by atoms with E-state index in [2.05, 4.69) is 30.6 Å². The van der Waals surface area contributed by atoms with E-state index in [9.17, 15) is 18.0 Å². The Morgan fingerprint density at radius 2 is 2.00 bits per heavy atom. The molecule has 10 heteroatoms. The first-order valence-corrected chi connectivity index (χ1v) is 10.7. The maximum Gasteiger partial charge on any atom is 0.248 e. The molecule has 0 aliphatic heterocycles. The number of fused-ring (bicyclic) bond motifs is 1. The molecule has 32 heavy (non-hydrogen) atoms. The van der Waals surface area contributed by atoms with Gasteiger partial charge in [-0.2, -0.15) is 4.39 Å². The molecule has 170 valence electrons. The van der Waals surface area contributed by atoms with Gasteiger partial charge >= 0.3 is 0 Å². The van der Waals surface area contributed by atoms with E-state index in [4.69, 9.17) is 0 Å². The molecule has 4 rings (SSSR count). The minimum atomic E-state index is -2.64. The zero-order chi connectivity index (χ0) is 22.9. The number of hydrogen-bond acceptors (Lipinski definition) is 6. The van der Waals surface area contributed by atoms with Gasteiger partial charge in [0.2, 0.25) is 11.9 Å². The van der Waals surface area contributed by atoms with Crippen LogP contribution in [0.15, 0.2) is 24.7 Å². The van der Waals surface area contributed by atoms with Crippen molar-refractivity contribution in [1.82, 2.24) is 19.9 Å². The maximum atomic E-state index is 14.8. The van der Waals surface area contributed by atoms with Crippen LogP contribution in [0.3, 0.4) is 0 Å². The fraction of sp³-hybridized carbons (Fsp3) is 0.455. The van der Waals surface area contributed by atoms with E-state index in [1.165, 1.54) is 24.7 Å². The minimum Gasteiger partial charge on any atom is -0.367 e. The first kappa shape index (κ1) is 22.0. The number of H-pyrrole nitrogens is 1. The summed E-state index contributed by atoms with van der Waals surface area (Å²) in [7, 11) is 0. The van der Waals surface area contributed by atoms with Crippen LogP contribution >= 0.6 is 0 Å². The second kappa shape index (κ2) is 8.76. The molecule has 0 saturated heterocycles. The van der Waals surface area contributed by atoms with Gasteiger partial charge < -0.3 is 15.6 Å². The number of pyridine rings is 1. The van der Waals surface area contributed by atoms with E-state index in [-0.39, 0.29) is 54.7 Å². The van der Waals surface area contributed by atoms with Crippen LogP contribution in [0.2, 0.25) is 0 Å². The van der Waals surface area contributed by atoms with Crippen molar-refractivity contribution in [2.24, 2.45) is 0 Å². The standard InChI is InChI=1S/C22H25F3N6O/c1-3-12(2)29-21-17-15(10-26-20(17)27-11-28-21)18(32)14-4-5-16(31-19(14)23)30-13-6-8-22(24,25)9-7-13/h4-5,10-13H,3,6-9H2,1-2H3,(H,30,31)(H2,26,27,28,29). The molecule has 0 spiro atoms. The highest BCUT2D eigenvalue weighted by molar-refractivity contribution is 6.18. The van der Waals surface area contributed by atoms with Gasteiger partial charge in [0.05, 0.1) is 16.5 Å². The van der Waals surface area contributed by atoms with Gasteiger partial charge in [-0.25, -0.2) is 23.7 Å². The van der Waals surface area contributed by atoms with Crippen LogP contribution in [0, 0.1) is 5.95 Å². The third kappa shape index (κ3) is 4.53. The second-order valence-electron chi connectivity index (χ2n) is 8.24. The normalized spacial score (nSPS) is 17.3. The van der Waals surface area contributed by atoms with Crippen LogP contribution in [-0.2, 0) is 0 Å². The molecule has 1 unspecified atom stereocenters. The quantitative estimate of drug-likeness (QED) is 0.352. The van der Waals surface area contributed by atoms with Crippen molar-refractivity contribution in [3.63, 3.8) is 0 Å². The maximum absolute atomic E-state index is 14.8. The summed E-state index contributed by atoms with van der Waals surface area (Å²) in [6.07, 6.45) is 3.86. The Bertz CT molecular complexity index is 1120. The van der Waals surface area contributed by atoms with Gasteiger partial charge in [-0.3, -0.25) is 4.79 Å². The number of hydrogen-bond donors (Lipinski definition) is 3. The molecule has 3 aromatic heterocycles. The molecule has 7 nitrogen and oxygen atoms in total. The Morgan fingerprint density at radius 1 is 1.25 bits per heavy atom. The topological polar surface area (TPSA) is 95.6 Å². The number of carbonyl (C=O) groups excluding carboxylic acids is 1. The van der Waals surface area contributed by atoms with E-state index in [1.807, 2.05) is 13.8 Å². The Hall–Kier alpha value is -3.17. The number of nitrogens with zero attached hydrogens (tertiary/aromatic N) is 3. The van der Waals surface area contributed by atoms with Gasteiger partial charge in [-0.05, 0) is 38.3 Å². The number of nitrogens with one attached hydrogen (secondary N) is 3. The van der Waals surface area contributed by atoms with Crippen molar-refractivity contribution in [3.05, 3.63) is 41.7 Å². The summed E-state index contributed by atoms with van der Waals surface area (Å²) in [5.41, 5.74) is 0.516. The number of alkyl halides is 2. The molecule has 0 radical (unpaired) electrons. The highest BCUT2D eigenvalue weighted by Gasteiger charge is 2.35. The first-order chi connectivity index (χ1) is 15.3. The smallest absolute Gasteiger partial charge is 0.248 e. The second-order valence-corrected chi connectivity index (χ2v) is 8.24. The third-order valence-corrected chi connectivity index (χ3v) is 5.87. The van der Waals surface area contributed by atoms with Gasteiger partial charge in [0.1, 0.15) is 23.6 Å². The fourth-order valence-electron chi connectivity index (χ4n) is 3.81. The molecular formula is C22H25F3N6O. The van der Waals surface area contributed by atoms with Crippen LogP contribution in [0.4, 0.5) is 24.8 Å². The summed E-state index contributed by atoms with van der Waals surface area (Å²) >= 11 is 0. The molecule has 1 aliphatic rings. The molecule has 1 atom stereocenters. The summed E-state index contributed by atoms with van der Waals surface area (Å²) in [5, 5.41) is 6.73. The summed E-state index contributed by atoms with van der Waals surface area (Å²) in [4.78, 5) is 28.3. The molecule has 0 bridgehead atoms. The number of aromatic nitrogens is 4. The molecule has 1 fully saturated rings. The van der Waals surface area contributed by atoms with Crippen molar-refractivity contribution >= 4 is 28.5 Å². The lowest BCUT2D eigenvalue weighted by Crippen LogP contribution is -2.32. The predicted molar refractivity (Wildman–Crippen MR) is 116 cm³/mol. The van der Waals surface area contributed by atoms with E-state index >= 15 is 0 Å². The molecule has 3 N–H and O–H groups in total. The van der Waals surface area contributed by atoms with Crippen molar-refractivity contribution in [2.75, 3.05) is 10.6 Å². The van der Waals surface area contributed by atoms with Crippen LogP contribution in [-0.4, -0.2) is 43.7 Å². The van der Waals surface area contributed by atoms with Gasteiger partial charge in [-0.1, -0.05) is 6.92 Å². The summed E-state index contributed by atoms with van der Waals surface area (Å²) < 4.78 is 41.4. The number of halogens is 3.